The highest BCUT2D eigenvalue weighted by atomic mass is 16.5. The predicted molar refractivity (Wildman–Crippen MR) is 143 cm³/mol. The molecule has 0 amide bonds. The van der Waals surface area contributed by atoms with Crippen molar-refractivity contribution in [2.24, 2.45) is 0 Å². The molecule has 1 aliphatic heterocycles. The zero-order chi connectivity index (χ0) is 26.4. The molecule has 0 aromatic heterocycles. The molecular formula is C31H36O6. The van der Waals surface area contributed by atoms with Crippen molar-refractivity contribution in [1.82, 2.24) is 0 Å². The van der Waals surface area contributed by atoms with E-state index in [1.54, 1.807) is 18.2 Å². The third kappa shape index (κ3) is 6.44. The van der Waals surface area contributed by atoms with Gasteiger partial charge in [-0.15, -0.1) is 0 Å². The van der Waals surface area contributed by atoms with Crippen LogP contribution in [0.1, 0.15) is 66.2 Å². The number of carbonyl (C=O) groups is 1. The van der Waals surface area contributed by atoms with Gasteiger partial charge in [-0.1, -0.05) is 37.3 Å². The van der Waals surface area contributed by atoms with Crippen molar-refractivity contribution < 1.29 is 28.8 Å². The zero-order valence-corrected chi connectivity index (χ0v) is 22.1. The summed E-state index contributed by atoms with van der Waals surface area (Å²) in [6, 6.07) is 17.0. The summed E-state index contributed by atoms with van der Waals surface area (Å²) in [7, 11) is 0. The van der Waals surface area contributed by atoms with Crippen LogP contribution < -0.4 is 18.9 Å². The van der Waals surface area contributed by atoms with Crippen LogP contribution in [0.3, 0.4) is 0 Å². The van der Waals surface area contributed by atoms with Crippen LogP contribution in [0.4, 0.5) is 0 Å². The van der Waals surface area contributed by atoms with Crippen molar-refractivity contribution in [2.75, 3.05) is 13.2 Å². The van der Waals surface area contributed by atoms with E-state index in [0.29, 0.717) is 41.6 Å². The lowest BCUT2D eigenvalue weighted by Gasteiger charge is -2.34. The Morgan fingerprint density at radius 3 is 2.57 bits per heavy atom. The second kappa shape index (κ2) is 11.7. The first-order valence-corrected chi connectivity index (χ1v) is 12.9. The summed E-state index contributed by atoms with van der Waals surface area (Å²) >= 11 is 0. The van der Waals surface area contributed by atoms with Crippen LogP contribution in [-0.2, 0) is 19.6 Å². The molecule has 1 heterocycles. The lowest BCUT2D eigenvalue weighted by Crippen LogP contribution is -2.33. The molecular weight excluding hydrogens is 468 g/mol. The Morgan fingerprint density at radius 2 is 1.84 bits per heavy atom. The van der Waals surface area contributed by atoms with Gasteiger partial charge in [0.15, 0.2) is 6.61 Å². The number of aliphatic hydroxyl groups is 1. The van der Waals surface area contributed by atoms with E-state index in [1.165, 1.54) is 0 Å². The summed E-state index contributed by atoms with van der Waals surface area (Å²) in [6.45, 7) is 8.60. The molecule has 1 N–H and O–H groups in total. The van der Waals surface area contributed by atoms with Gasteiger partial charge in [-0.3, -0.25) is 4.79 Å². The van der Waals surface area contributed by atoms with Gasteiger partial charge in [0.2, 0.25) is 5.78 Å². The van der Waals surface area contributed by atoms with Gasteiger partial charge in [-0.25, -0.2) is 0 Å². The molecule has 3 aromatic carbocycles. The Balaban J connectivity index is 1.58. The smallest absolute Gasteiger partial charge is 0.203 e. The topological polar surface area (TPSA) is 74.2 Å². The summed E-state index contributed by atoms with van der Waals surface area (Å²) in [5.74, 6) is 2.16. The van der Waals surface area contributed by atoms with Gasteiger partial charge in [0, 0.05) is 17.2 Å². The van der Waals surface area contributed by atoms with Crippen LogP contribution in [0.25, 0.3) is 0 Å². The Labute approximate surface area is 219 Å². The molecule has 0 fully saturated rings. The monoisotopic (exact) mass is 504 g/mol. The van der Waals surface area contributed by atoms with Gasteiger partial charge >= 0.3 is 0 Å². The zero-order valence-electron chi connectivity index (χ0n) is 22.1. The Bertz CT molecular complexity index is 1230. The summed E-state index contributed by atoms with van der Waals surface area (Å²) in [4.78, 5) is 13.4. The lowest BCUT2D eigenvalue weighted by atomic mass is 9.91. The largest absolute Gasteiger partial charge is 0.493 e. The van der Waals surface area contributed by atoms with E-state index in [0.717, 1.165) is 41.7 Å². The van der Waals surface area contributed by atoms with Gasteiger partial charge in [0.25, 0.3) is 0 Å². The molecule has 0 radical (unpaired) electrons. The maximum atomic E-state index is 13.4. The van der Waals surface area contributed by atoms with Crippen LogP contribution in [0.15, 0.2) is 54.6 Å². The van der Waals surface area contributed by atoms with Gasteiger partial charge in [0.1, 0.15) is 35.2 Å². The van der Waals surface area contributed by atoms with E-state index >= 15 is 0 Å². The van der Waals surface area contributed by atoms with Crippen LogP contribution >= 0.6 is 0 Å². The summed E-state index contributed by atoms with van der Waals surface area (Å²) < 4.78 is 24.2. The number of ether oxygens (including phenoxy) is 4. The Morgan fingerprint density at radius 1 is 1.05 bits per heavy atom. The fourth-order valence-electron chi connectivity index (χ4n) is 4.43. The van der Waals surface area contributed by atoms with Gasteiger partial charge < -0.3 is 24.1 Å². The number of aliphatic hydroxyl groups excluding tert-OH is 1. The van der Waals surface area contributed by atoms with E-state index in [2.05, 4.69) is 13.8 Å². The molecule has 6 nitrogen and oxygen atoms in total. The average molecular weight is 505 g/mol. The number of ketones is 1. The second-order valence-electron chi connectivity index (χ2n) is 9.99. The number of hydrogen-bond donors (Lipinski definition) is 1. The molecule has 0 bridgehead atoms. The quantitative estimate of drug-likeness (QED) is 0.313. The molecule has 196 valence electrons. The van der Waals surface area contributed by atoms with Crippen LogP contribution in [0, 0.1) is 6.92 Å². The number of hydrogen-bond acceptors (Lipinski definition) is 6. The van der Waals surface area contributed by atoms with Crippen LogP contribution in [0.2, 0.25) is 0 Å². The van der Waals surface area contributed by atoms with E-state index in [4.69, 9.17) is 18.9 Å². The molecule has 4 rings (SSSR count). The summed E-state index contributed by atoms with van der Waals surface area (Å²) in [5, 5.41) is 10.1. The first-order valence-electron chi connectivity index (χ1n) is 12.9. The number of carbonyl (C=O) groups excluding carboxylic acids is 1. The number of aryl methyl sites for hydroxylation is 1. The minimum absolute atomic E-state index is 0.180. The number of benzene rings is 3. The maximum absolute atomic E-state index is 13.4. The third-order valence-electron chi connectivity index (χ3n) is 6.50. The van der Waals surface area contributed by atoms with E-state index in [9.17, 15) is 9.90 Å². The predicted octanol–water partition coefficient (Wildman–Crippen LogP) is 6.22. The number of rotatable bonds is 11. The van der Waals surface area contributed by atoms with Crippen molar-refractivity contribution in [2.45, 2.75) is 65.8 Å². The standard InChI is InChI=1S/C31H36O6/c1-5-15-34-23-11-12-24(28(17-23)35-19-22-9-7-6-8-10-22)27(33)20-36-30-25-13-14-31(3,4)37-29(25)16-21(2)26(30)18-32/h6-12,16-17,32H,5,13-15,18-20H2,1-4H3. The molecule has 3 aromatic rings. The first kappa shape index (κ1) is 26.6. The fourth-order valence-corrected chi connectivity index (χ4v) is 4.43. The molecule has 0 saturated heterocycles. The van der Waals surface area contributed by atoms with Crippen LogP contribution in [-0.4, -0.2) is 29.7 Å². The number of Topliss-reactive ketones (excluding diaryl/α,β-unsaturated/α-hetero) is 1. The van der Waals surface area contributed by atoms with Gasteiger partial charge in [-0.2, -0.15) is 0 Å². The van der Waals surface area contributed by atoms with Gasteiger partial charge in [0.05, 0.1) is 18.8 Å². The van der Waals surface area contributed by atoms with Gasteiger partial charge in [-0.05, 0) is 69.4 Å². The number of fused-ring (bicyclic) bond motifs is 1. The van der Waals surface area contributed by atoms with Crippen molar-refractivity contribution in [1.29, 1.82) is 0 Å². The maximum Gasteiger partial charge on any atom is 0.203 e. The van der Waals surface area contributed by atoms with Crippen molar-refractivity contribution >= 4 is 5.78 Å². The average Bonchev–Trinajstić information content (AvgIpc) is 2.89. The highest BCUT2D eigenvalue weighted by molar-refractivity contribution is 6.00. The lowest BCUT2D eigenvalue weighted by molar-refractivity contribution is 0.0811. The van der Waals surface area contributed by atoms with Crippen molar-refractivity contribution in [3.63, 3.8) is 0 Å². The first-order chi connectivity index (χ1) is 17.8. The van der Waals surface area contributed by atoms with Crippen molar-refractivity contribution in [3.05, 3.63) is 82.4 Å². The van der Waals surface area contributed by atoms with Crippen molar-refractivity contribution in [3.8, 4) is 23.0 Å². The second-order valence-corrected chi connectivity index (χ2v) is 9.99. The molecule has 37 heavy (non-hydrogen) atoms. The SMILES string of the molecule is CCCOc1ccc(C(=O)COc2c(CO)c(C)cc3c2CCC(C)(C)O3)c(OCc2ccccc2)c1. The van der Waals surface area contributed by atoms with E-state index in [1.807, 2.05) is 50.2 Å². The minimum atomic E-state index is -0.278. The third-order valence-corrected chi connectivity index (χ3v) is 6.50. The van der Waals surface area contributed by atoms with Crippen LogP contribution in [0.5, 0.6) is 23.0 Å². The summed E-state index contributed by atoms with van der Waals surface area (Å²) in [6.07, 6.45) is 2.44. The fraction of sp³-hybridized carbons (Fsp3) is 0.387. The normalized spacial score (nSPS) is 13.9. The van der Waals surface area contributed by atoms with E-state index in [-0.39, 0.29) is 24.6 Å². The highest BCUT2D eigenvalue weighted by Gasteiger charge is 2.31. The molecule has 0 atom stereocenters. The molecule has 0 aliphatic carbocycles. The highest BCUT2D eigenvalue weighted by Crippen LogP contribution is 2.42. The molecule has 0 spiro atoms. The Kier molecular flexibility index (Phi) is 8.39. The molecule has 0 unspecified atom stereocenters. The summed E-state index contributed by atoms with van der Waals surface area (Å²) in [5.41, 5.74) is 3.58. The van der Waals surface area contributed by atoms with E-state index < -0.39 is 0 Å². The molecule has 6 heteroatoms. The minimum Gasteiger partial charge on any atom is -0.493 e. The molecule has 1 aliphatic rings. The molecule has 0 saturated carbocycles. The Hall–Kier alpha value is -3.51.